The first-order chi connectivity index (χ1) is 13.9. The Bertz CT molecular complexity index is 1040. The Morgan fingerprint density at radius 2 is 1.93 bits per heavy atom. The molecule has 0 spiro atoms. The number of carbonyl (C=O) groups is 1. The van der Waals surface area contributed by atoms with Crippen molar-refractivity contribution in [1.29, 1.82) is 0 Å². The van der Waals surface area contributed by atoms with E-state index >= 15 is 0 Å². The molecule has 0 amide bonds. The van der Waals surface area contributed by atoms with Crippen LogP contribution in [-0.4, -0.2) is 22.9 Å². The van der Waals surface area contributed by atoms with Gasteiger partial charge in [-0.3, -0.25) is 9.78 Å². The quantitative estimate of drug-likeness (QED) is 0.589. The number of pyridine rings is 1. The zero-order chi connectivity index (χ0) is 20.6. The lowest BCUT2D eigenvalue weighted by Gasteiger charge is -2.28. The Balaban J connectivity index is 1.82. The average Bonchev–Trinajstić information content (AvgIpc) is 3.05. The fraction of sp³-hybridized carbons (Fsp3) is 0.333. The molecule has 5 heteroatoms. The lowest BCUT2D eigenvalue weighted by molar-refractivity contribution is 0.0912. The largest absolute Gasteiger partial charge is 0.377 e. The molecule has 0 fully saturated rings. The third-order valence-corrected chi connectivity index (χ3v) is 5.60. The number of ether oxygens (including phenoxy) is 1. The number of hydrogen-bond acceptors (Lipinski definition) is 4. The van der Waals surface area contributed by atoms with Crippen molar-refractivity contribution in [2.45, 2.75) is 39.7 Å². The van der Waals surface area contributed by atoms with E-state index in [1.807, 2.05) is 37.3 Å². The number of ketones is 1. The minimum absolute atomic E-state index is 0.000936. The number of aromatic nitrogens is 2. The highest BCUT2D eigenvalue weighted by atomic mass is 16.5. The van der Waals surface area contributed by atoms with E-state index in [9.17, 15) is 4.79 Å². The number of nitrogens with zero attached hydrogens (tertiary/aromatic N) is 1. The average molecular weight is 389 g/mol. The van der Waals surface area contributed by atoms with Crippen molar-refractivity contribution < 1.29 is 9.53 Å². The van der Waals surface area contributed by atoms with Gasteiger partial charge in [-0.25, -0.2) is 0 Å². The number of methoxy groups -OCH3 is 1. The maximum absolute atomic E-state index is 13.1. The van der Waals surface area contributed by atoms with Gasteiger partial charge in [-0.15, -0.1) is 0 Å². The predicted molar refractivity (Wildman–Crippen MR) is 116 cm³/mol. The van der Waals surface area contributed by atoms with E-state index in [2.05, 4.69) is 35.2 Å². The number of fused-ring (bicyclic) bond motifs is 1. The van der Waals surface area contributed by atoms with Gasteiger partial charge in [-0.1, -0.05) is 26.0 Å². The third-order valence-electron chi connectivity index (χ3n) is 5.60. The summed E-state index contributed by atoms with van der Waals surface area (Å²) >= 11 is 0. The minimum Gasteiger partial charge on any atom is -0.377 e. The molecule has 2 N–H and O–H groups in total. The molecular formula is C24H27N3O2. The second-order valence-corrected chi connectivity index (χ2v) is 8.53. The Morgan fingerprint density at radius 1 is 1.17 bits per heavy atom. The van der Waals surface area contributed by atoms with Crippen LogP contribution in [0.4, 0.5) is 11.4 Å². The van der Waals surface area contributed by atoms with Crippen LogP contribution in [0.2, 0.25) is 0 Å². The maximum atomic E-state index is 13.1. The van der Waals surface area contributed by atoms with Crippen molar-refractivity contribution in [3.63, 3.8) is 0 Å². The Kier molecular flexibility index (Phi) is 5.01. The number of carbonyl (C=O) groups excluding carboxylic acids is 1. The lowest BCUT2D eigenvalue weighted by Crippen LogP contribution is -2.26. The number of rotatable bonds is 5. The van der Waals surface area contributed by atoms with Crippen molar-refractivity contribution in [1.82, 2.24) is 9.97 Å². The number of anilines is 2. The molecule has 1 aliphatic carbocycles. The summed E-state index contributed by atoms with van der Waals surface area (Å²) in [6, 6.07) is 12.1. The van der Waals surface area contributed by atoms with Crippen LogP contribution in [0.1, 0.15) is 54.9 Å². The van der Waals surface area contributed by atoms with Crippen molar-refractivity contribution in [2.75, 3.05) is 12.4 Å². The molecule has 0 saturated heterocycles. The highest BCUT2D eigenvalue weighted by Gasteiger charge is 2.35. The molecule has 1 aliphatic rings. The molecule has 0 aliphatic heterocycles. The van der Waals surface area contributed by atoms with Gasteiger partial charge in [0.25, 0.3) is 0 Å². The van der Waals surface area contributed by atoms with Gasteiger partial charge >= 0.3 is 0 Å². The first kappa shape index (κ1) is 19.4. The molecule has 0 saturated carbocycles. The van der Waals surface area contributed by atoms with E-state index in [0.717, 1.165) is 45.9 Å². The number of benzene rings is 1. The summed E-state index contributed by atoms with van der Waals surface area (Å²) in [5.74, 6) is 0.178. The summed E-state index contributed by atoms with van der Waals surface area (Å²) < 4.78 is 5.45. The molecule has 3 aromatic rings. The van der Waals surface area contributed by atoms with Crippen LogP contribution in [0.15, 0.2) is 48.8 Å². The Hall–Kier alpha value is -2.92. The van der Waals surface area contributed by atoms with Gasteiger partial charge < -0.3 is 15.0 Å². The van der Waals surface area contributed by atoms with Crippen LogP contribution in [-0.2, 0) is 11.2 Å². The number of hydrogen-bond donors (Lipinski definition) is 2. The van der Waals surface area contributed by atoms with Gasteiger partial charge in [0.05, 0.1) is 23.0 Å². The van der Waals surface area contributed by atoms with E-state index < -0.39 is 0 Å². The summed E-state index contributed by atoms with van der Waals surface area (Å²) in [7, 11) is 1.70. The Morgan fingerprint density at radius 3 is 2.66 bits per heavy atom. The highest BCUT2D eigenvalue weighted by molar-refractivity contribution is 6.07. The fourth-order valence-electron chi connectivity index (χ4n) is 4.07. The van der Waals surface area contributed by atoms with Crippen molar-refractivity contribution in [3.8, 4) is 11.3 Å². The second kappa shape index (κ2) is 7.48. The SMILES string of the molecule is COC(C)c1cccc(Nc2c(-c3ccncc3)[nH]c3c2C(=O)CC(C)(C)C3)c1. The summed E-state index contributed by atoms with van der Waals surface area (Å²) in [5.41, 5.74) is 6.52. The molecule has 2 heterocycles. The standard InChI is InChI=1S/C24H27N3O2/c1-15(29-4)17-6-5-7-18(12-17)26-23-21-19(13-24(2,3)14-20(21)28)27-22(23)16-8-10-25-11-9-16/h5-12,15,26-27H,13-14H2,1-4H3. The van der Waals surface area contributed by atoms with E-state index in [0.29, 0.717) is 6.42 Å². The predicted octanol–water partition coefficient (Wildman–Crippen LogP) is 5.68. The lowest BCUT2D eigenvalue weighted by atomic mass is 9.76. The van der Waals surface area contributed by atoms with E-state index in [1.165, 1.54) is 0 Å². The second-order valence-electron chi connectivity index (χ2n) is 8.53. The Labute approximate surface area is 171 Å². The molecule has 1 aromatic carbocycles. The van der Waals surface area contributed by atoms with Crippen LogP contribution in [0.3, 0.4) is 0 Å². The highest BCUT2D eigenvalue weighted by Crippen LogP contribution is 2.43. The van der Waals surface area contributed by atoms with Gasteiger partial charge in [0.15, 0.2) is 5.78 Å². The summed E-state index contributed by atoms with van der Waals surface area (Å²) in [6.07, 6.45) is 4.92. The van der Waals surface area contributed by atoms with Crippen molar-refractivity contribution in [3.05, 3.63) is 65.6 Å². The van der Waals surface area contributed by atoms with Gasteiger partial charge in [0.2, 0.25) is 0 Å². The maximum Gasteiger partial charge on any atom is 0.167 e. The third kappa shape index (κ3) is 3.83. The summed E-state index contributed by atoms with van der Waals surface area (Å²) in [5, 5.41) is 3.53. The van der Waals surface area contributed by atoms with Gasteiger partial charge in [-0.05, 0) is 48.6 Å². The van der Waals surface area contributed by atoms with Gasteiger partial charge in [-0.2, -0.15) is 0 Å². The molecule has 4 rings (SSSR count). The van der Waals surface area contributed by atoms with Gasteiger partial charge in [0, 0.05) is 42.9 Å². The molecule has 0 radical (unpaired) electrons. The zero-order valence-corrected chi connectivity index (χ0v) is 17.4. The van der Waals surface area contributed by atoms with Crippen LogP contribution in [0.25, 0.3) is 11.3 Å². The number of H-pyrrole nitrogens is 1. The molecule has 1 unspecified atom stereocenters. The molecular weight excluding hydrogens is 362 g/mol. The first-order valence-corrected chi connectivity index (χ1v) is 9.96. The van der Waals surface area contributed by atoms with Crippen LogP contribution < -0.4 is 5.32 Å². The van der Waals surface area contributed by atoms with Crippen LogP contribution >= 0.6 is 0 Å². The molecule has 0 bridgehead atoms. The van der Waals surface area contributed by atoms with E-state index in [1.54, 1.807) is 19.5 Å². The molecule has 1 atom stereocenters. The molecule has 29 heavy (non-hydrogen) atoms. The summed E-state index contributed by atoms with van der Waals surface area (Å²) in [6.45, 7) is 6.30. The fourth-order valence-corrected chi connectivity index (χ4v) is 4.07. The molecule has 5 nitrogen and oxygen atoms in total. The first-order valence-electron chi connectivity index (χ1n) is 9.96. The smallest absolute Gasteiger partial charge is 0.167 e. The normalized spacial score (nSPS) is 16.3. The van der Waals surface area contributed by atoms with Crippen molar-refractivity contribution >= 4 is 17.2 Å². The minimum atomic E-state index is -0.0461. The zero-order valence-electron chi connectivity index (χ0n) is 17.4. The van der Waals surface area contributed by atoms with E-state index in [-0.39, 0.29) is 17.3 Å². The van der Waals surface area contributed by atoms with Crippen molar-refractivity contribution in [2.24, 2.45) is 5.41 Å². The number of Topliss-reactive ketones (excluding diaryl/α,β-unsaturated/α-hetero) is 1. The number of nitrogens with one attached hydrogen (secondary N) is 2. The van der Waals surface area contributed by atoms with Crippen LogP contribution in [0.5, 0.6) is 0 Å². The van der Waals surface area contributed by atoms with E-state index in [4.69, 9.17) is 4.74 Å². The van der Waals surface area contributed by atoms with Crippen LogP contribution in [0, 0.1) is 5.41 Å². The molecule has 2 aromatic heterocycles. The monoisotopic (exact) mass is 389 g/mol. The number of aromatic amines is 1. The summed E-state index contributed by atoms with van der Waals surface area (Å²) in [4.78, 5) is 20.8. The molecule has 150 valence electrons. The van der Waals surface area contributed by atoms with Gasteiger partial charge in [0.1, 0.15) is 0 Å². The topological polar surface area (TPSA) is 67.0 Å².